The maximum absolute atomic E-state index is 11.9. The minimum atomic E-state index is -0.497. The van der Waals surface area contributed by atoms with E-state index in [2.05, 4.69) is 22.3 Å². The fourth-order valence-corrected chi connectivity index (χ4v) is 4.22. The number of ether oxygens (including phenoxy) is 2. The molecule has 0 aliphatic carbocycles. The zero-order valence-corrected chi connectivity index (χ0v) is 18.7. The summed E-state index contributed by atoms with van der Waals surface area (Å²) in [6.07, 6.45) is 2.13. The number of thioether (sulfide) groups is 1. The molecule has 0 fully saturated rings. The molecule has 0 saturated carbocycles. The summed E-state index contributed by atoms with van der Waals surface area (Å²) >= 11 is 1.48. The van der Waals surface area contributed by atoms with E-state index >= 15 is 0 Å². The molecular formula is C24H23N3O4S. The minimum absolute atomic E-state index is 0.205. The summed E-state index contributed by atoms with van der Waals surface area (Å²) < 4.78 is 17.7. The van der Waals surface area contributed by atoms with Crippen LogP contribution >= 0.6 is 11.8 Å². The van der Waals surface area contributed by atoms with Gasteiger partial charge in [-0.3, -0.25) is 4.57 Å². The lowest BCUT2D eigenvalue weighted by atomic mass is 10.1. The van der Waals surface area contributed by atoms with E-state index in [0.29, 0.717) is 18.8 Å². The molecule has 4 rings (SSSR count). The number of carbonyl (C=O) groups is 1. The molecule has 8 heteroatoms. The van der Waals surface area contributed by atoms with Crippen LogP contribution < -0.4 is 4.74 Å². The van der Waals surface area contributed by atoms with Crippen molar-refractivity contribution in [3.8, 4) is 11.4 Å². The number of nitrogens with zero attached hydrogens (tertiary/aromatic N) is 3. The average Bonchev–Trinajstić information content (AvgIpc) is 3.45. The van der Waals surface area contributed by atoms with Gasteiger partial charge in [0, 0.05) is 23.4 Å². The third kappa shape index (κ3) is 4.86. The Morgan fingerprint density at radius 2 is 1.84 bits per heavy atom. The Hall–Kier alpha value is -3.52. The summed E-state index contributed by atoms with van der Waals surface area (Å²) in [4.78, 5) is 11.9. The summed E-state index contributed by atoms with van der Waals surface area (Å²) in [5.74, 6) is 1.83. The number of methoxy groups -OCH3 is 1. The lowest BCUT2D eigenvalue weighted by molar-refractivity contribution is 0.0564. The molecule has 0 radical (unpaired) electrons. The van der Waals surface area contributed by atoms with Crippen molar-refractivity contribution in [2.24, 2.45) is 0 Å². The number of esters is 1. The van der Waals surface area contributed by atoms with E-state index in [-0.39, 0.29) is 5.76 Å². The third-order valence-electron chi connectivity index (χ3n) is 4.79. The molecule has 0 bridgehead atoms. The van der Waals surface area contributed by atoms with Crippen LogP contribution in [0.3, 0.4) is 0 Å². The topological polar surface area (TPSA) is 79.4 Å². The van der Waals surface area contributed by atoms with Crippen LogP contribution in [-0.4, -0.2) is 34.5 Å². The standard InChI is InChI=1S/C24H23N3O4S/c1-3-30-20-11-9-19(10-12-20)27-21(15-17-7-5-4-6-8-17)25-26-24(27)32-16-18-13-14-31-22(18)23(28)29-2/h4-14H,3,15-16H2,1-2H3. The van der Waals surface area contributed by atoms with Gasteiger partial charge in [-0.1, -0.05) is 42.1 Å². The maximum atomic E-state index is 11.9. The van der Waals surface area contributed by atoms with Gasteiger partial charge < -0.3 is 13.9 Å². The van der Waals surface area contributed by atoms with Crippen LogP contribution in [0.4, 0.5) is 0 Å². The van der Waals surface area contributed by atoms with Crippen molar-refractivity contribution in [2.75, 3.05) is 13.7 Å². The van der Waals surface area contributed by atoms with Crippen LogP contribution in [0.1, 0.15) is 34.4 Å². The second kappa shape index (κ2) is 10.2. The molecule has 0 atom stereocenters. The highest BCUT2D eigenvalue weighted by Crippen LogP contribution is 2.29. The first-order valence-corrected chi connectivity index (χ1v) is 11.2. The second-order valence-electron chi connectivity index (χ2n) is 6.88. The van der Waals surface area contributed by atoms with Crippen LogP contribution in [0.5, 0.6) is 5.75 Å². The van der Waals surface area contributed by atoms with Gasteiger partial charge in [0.15, 0.2) is 5.16 Å². The van der Waals surface area contributed by atoms with Gasteiger partial charge in [0.05, 0.1) is 20.0 Å². The first-order chi connectivity index (χ1) is 15.7. The molecular weight excluding hydrogens is 426 g/mol. The minimum Gasteiger partial charge on any atom is -0.494 e. The lowest BCUT2D eigenvalue weighted by Crippen LogP contribution is -2.05. The van der Waals surface area contributed by atoms with Crippen LogP contribution in [0.2, 0.25) is 0 Å². The number of furan rings is 1. The molecule has 0 unspecified atom stereocenters. The van der Waals surface area contributed by atoms with Crippen molar-refractivity contribution < 1.29 is 18.7 Å². The van der Waals surface area contributed by atoms with Gasteiger partial charge in [-0.2, -0.15) is 0 Å². The van der Waals surface area contributed by atoms with Gasteiger partial charge in [0.1, 0.15) is 11.6 Å². The smallest absolute Gasteiger partial charge is 0.374 e. The number of carbonyl (C=O) groups excluding carboxylic acids is 1. The summed E-state index contributed by atoms with van der Waals surface area (Å²) in [5.41, 5.74) is 2.83. The first-order valence-electron chi connectivity index (χ1n) is 10.2. The third-order valence-corrected chi connectivity index (χ3v) is 5.76. The zero-order valence-electron chi connectivity index (χ0n) is 17.9. The maximum Gasteiger partial charge on any atom is 0.374 e. The lowest BCUT2D eigenvalue weighted by Gasteiger charge is -2.11. The fourth-order valence-electron chi connectivity index (χ4n) is 3.27. The quantitative estimate of drug-likeness (QED) is 0.265. The van der Waals surface area contributed by atoms with Gasteiger partial charge in [0.2, 0.25) is 5.76 Å². The Labute approximate surface area is 190 Å². The molecule has 2 heterocycles. The predicted octanol–water partition coefficient (Wildman–Crippen LogP) is 4.93. The van der Waals surface area contributed by atoms with Gasteiger partial charge in [0.25, 0.3) is 0 Å². The van der Waals surface area contributed by atoms with Crippen molar-refractivity contribution in [2.45, 2.75) is 24.3 Å². The molecule has 4 aromatic rings. The molecule has 2 aromatic heterocycles. The number of benzene rings is 2. The molecule has 0 saturated heterocycles. The first kappa shape index (κ1) is 21.7. The van der Waals surface area contributed by atoms with Crippen molar-refractivity contribution in [1.82, 2.24) is 14.8 Å². The van der Waals surface area contributed by atoms with Gasteiger partial charge >= 0.3 is 5.97 Å². The van der Waals surface area contributed by atoms with E-state index in [9.17, 15) is 4.79 Å². The van der Waals surface area contributed by atoms with Crippen molar-refractivity contribution >= 4 is 17.7 Å². The van der Waals surface area contributed by atoms with E-state index < -0.39 is 5.97 Å². The van der Waals surface area contributed by atoms with E-state index in [1.807, 2.05) is 54.0 Å². The highest BCUT2D eigenvalue weighted by Gasteiger charge is 2.19. The van der Waals surface area contributed by atoms with Crippen molar-refractivity contribution in [3.05, 3.63) is 89.6 Å². The Bertz CT molecular complexity index is 1170. The van der Waals surface area contributed by atoms with Gasteiger partial charge in [-0.15, -0.1) is 10.2 Å². The fraction of sp³-hybridized carbons (Fsp3) is 0.208. The molecule has 7 nitrogen and oxygen atoms in total. The van der Waals surface area contributed by atoms with Gasteiger partial charge in [-0.05, 0) is 42.8 Å². The molecule has 32 heavy (non-hydrogen) atoms. The molecule has 0 amide bonds. The Kier molecular flexibility index (Phi) is 6.91. The van der Waals surface area contributed by atoms with Crippen LogP contribution in [0, 0.1) is 0 Å². The average molecular weight is 450 g/mol. The highest BCUT2D eigenvalue weighted by molar-refractivity contribution is 7.98. The zero-order chi connectivity index (χ0) is 22.3. The molecule has 0 N–H and O–H groups in total. The van der Waals surface area contributed by atoms with Crippen molar-refractivity contribution in [3.63, 3.8) is 0 Å². The molecule has 2 aromatic carbocycles. The van der Waals surface area contributed by atoms with Gasteiger partial charge in [-0.25, -0.2) is 4.79 Å². The van der Waals surface area contributed by atoms with Crippen molar-refractivity contribution in [1.29, 1.82) is 0 Å². The molecule has 0 aliphatic heterocycles. The van der Waals surface area contributed by atoms with E-state index in [1.165, 1.54) is 25.1 Å². The second-order valence-corrected chi connectivity index (χ2v) is 7.82. The Morgan fingerprint density at radius 1 is 1.06 bits per heavy atom. The Morgan fingerprint density at radius 3 is 2.56 bits per heavy atom. The normalized spacial score (nSPS) is 10.8. The summed E-state index contributed by atoms with van der Waals surface area (Å²) in [5, 5.41) is 9.63. The summed E-state index contributed by atoms with van der Waals surface area (Å²) in [6, 6.07) is 19.8. The molecule has 0 aliphatic rings. The SMILES string of the molecule is CCOc1ccc(-n2c(Cc3ccccc3)nnc2SCc2ccoc2C(=O)OC)cc1. The van der Waals surface area contributed by atoms with Crippen LogP contribution in [0.25, 0.3) is 5.69 Å². The van der Waals surface area contributed by atoms with E-state index in [0.717, 1.165) is 33.5 Å². The van der Waals surface area contributed by atoms with E-state index in [1.54, 1.807) is 6.07 Å². The number of rotatable bonds is 9. The monoisotopic (exact) mass is 449 g/mol. The molecule has 0 spiro atoms. The van der Waals surface area contributed by atoms with Crippen LogP contribution in [0.15, 0.2) is 76.5 Å². The van der Waals surface area contributed by atoms with E-state index in [4.69, 9.17) is 13.9 Å². The number of hydrogen-bond donors (Lipinski definition) is 0. The van der Waals surface area contributed by atoms with Crippen LogP contribution in [-0.2, 0) is 16.9 Å². The highest BCUT2D eigenvalue weighted by atomic mass is 32.2. The predicted molar refractivity (Wildman–Crippen MR) is 121 cm³/mol. The summed E-state index contributed by atoms with van der Waals surface area (Å²) in [6.45, 7) is 2.57. The Balaban J connectivity index is 1.64. The molecule has 164 valence electrons. The number of aromatic nitrogens is 3. The largest absolute Gasteiger partial charge is 0.494 e. The summed E-state index contributed by atoms with van der Waals surface area (Å²) in [7, 11) is 1.33. The number of hydrogen-bond acceptors (Lipinski definition) is 7.